The Hall–Kier alpha value is -2.13. The highest BCUT2D eigenvalue weighted by molar-refractivity contribution is 7.92. The summed E-state index contributed by atoms with van der Waals surface area (Å²) in [5.41, 5.74) is 1.07. The maximum absolute atomic E-state index is 12.2. The van der Waals surface area contributed by atoms with Crippen LogP contribution in [0, 0.1) is 6.92 Å². The van der Waals surface area contributed by atoms with Crippen LogP contribution in [0.4, 0.5) is 10.8 Å². The molecule has 0 saturated carbocycles. The van der Waals surface area contributed by atoms with Gasteiger partial charge < -0.3 is 10.1 Å². The molecule has 0 aliphatic carbocycles. The van der Waals surface area contributed by atoms with E-state index in [2.05, 4.69) is 15.0 Å². The van der Waals surface area contributed by atoms with Crippen molar-refractivity contribution in [3.63, 3.8) is 0 Å². The molecule has 0 bridgehead atoms. The SMILES string of the molecule is COc1ccc(NC(=O)c2sc(NS(C)(=O)=O)nc2C)cc1. The minimum Gasteiger partial charge on any atom is -0.497 e. The summed E-state index contributed by atoms with van der Waals surface area (Å²) in [6, 6.07) is 6.88. The first-order valence-electron chi connectivity index (χ1n) is 6.19. The summed E-state index contributed by atoms with van der Waals surface area (Å²) in [6.07, 6.45) is 1.03. The van der Waals surface area contributed by atoms with E-state index in [1.807, 2.05) is 0 Å². The van der Waals surface area contributed by atoms with Gasteiger partial charge >= 0.3 is 0 Å². The number of carbonyl (C=O) groups excluding carboxylic acids is 1. The third-order valence-corrected chi connectivity index (χ3v) is 4.39. The van der Waals surface area contributed by atoms with Gasteiger partial charge in [0.05, 0.1) is 19.1 Å². The zero-order chi connectivity index (χ0) is 16.3. The lowest BCUT2D eigenvalue weighted by atomic mass is 10.3. The fourth-order valence-corrected chi connectivity index (χ4v) is 3.37. The molecule has 0 unspecified atom stereocenters. The van der Waals surface area contributed by atoms with Gasteiger partial charge in [-0.2, -0.15) is 0 Å². The van der Waals surface area contributed by atoms with Gasteiger partial charge in [0, 0.05) is 5.69 Å². The number of sulfonamides is 1. The predicted molar refractivity (Wildman–Crippen MR) is 86.3 cm³/mol. The number of hydrogen-bond donors (Lipinski definition) is 2. The highest BCUT2D eigenvalue weighted by Crippen LogP contribution is 2.24. The zero-order valence-electron chi connectivity index (χ0n) is 12.2. The van der Waals surface area contributed by atoms with Crippen LogP contribution in [0.1, 0.15) is 15.4 Å². The van der Waals surface area contributed by atoms with Gasteiger partial charge in [0.1, 0.15) is 10.6 Å². The third kappa shape index (κ3) is 4.18. The summed E-state index contributed by atoms with van der Waals surface area (Å²) in [6.45, 7) is 1.65. The van der Waals surface area contributed by atoms with Crippen LogP contribution < -0.4 is 14.8 Å². The van der Waals surface area contributed by atoms with Crippen molar-refractivity contribution in [2.45, 2.75) is 6.92 Å². The maximum atomic E-state index is 12.2. The molecular weight excluding hydrogens is 326 g/mol. The first kappa shape index (κ1) is 16.2. The summed E-state index contributed by atoms with van der Waals surface area (Å²) in [4.78, 5) is 16.6. The average Bonchev–Trinajstić information content (AvgIpc) is 2.78. The van der Waals surface area contributed by atoms with Gasteiger partial charge in [-0.3, -0.25) is 9.52 Å². The van der Waals surface area contributed by atoms with Gasteiger partial charge in [0.15, 0.2) is 5.13 Å². The molecule has 22 heavy (non-hydrogen) atoms. The summed E-state index contributed by atoms with van der Waals surface area (Å²) in [5.74, 6) is 0.341. The van der Waals surface area contributed by atoms with Crippen LogP contribution in [0.5, 0.6) is 5.75 Å². The highest BCUT2D eigenvalue weighted by atomic mass is 32.2. The fraction of sp³-hybridized carbons (Fsp3) is 0.231. The van der Waals surface area contributed by atoms with Crippen molar-refractivity contribution in [3.8, 4) is 5.75 Å². The second kappa shape index (κ2) is 6.32. The van der Waals surface area contributed by atoms with Crippen molar-refractivity contribution in [1.29, 1.82) is 0 Å². The van der Waals surface area contributed by atoms with E-state index in [-0.39, 0.29) is 11.0 Å². The van der Waals surface area contributed by atoms with E-state index in [1.54, 1.807) is 38.3 Å². The van der Waals surface area contributed by atoms with Crippen LogP contribution in [0.3, 0.4) is 0 Å². The van der Waals surface area contributed by atoms with Crippen molar-refractivity contribution < 1.29 is 17.9 Å². The maximum Gasteiger partial charge on any atom is 0.267 e. The number of hydrogen-bond acceptors (Lipinski definition) is 6. The Morgan fingerprint density at radius 3 is 2.45 bits per heavy atom. The van der Waals surface area contributed by atoms with Crippen LogP contribution in [-0.4, -0.2) is 32.7 Å². The number of thiazole rings is 1. The van der Waals surface area contributed by atoms with Crippen LogP contribution >= 0.6 is 11.3 Å². The average molecular weight is 341 g/mol. The van der Waals surface area contributed by atoms with Gasteiger partial charge in [-0.15, -0.1) is 0 Å². The number of ether oxygens (including phenoxy) is 1. The molecule has 9 heteroatoms. The van der Waals surface area contributed by atoms with Crippen LogP contribution in [0.2, 0.25) is 0 Å². The molecule has 0 fully saturated rings. The Bertz CT molecular complexity index is 782. The fourth-order valence-electron chi connectivity index (χ4n) is 1.67. The topological polar surface area (TPSA) is 97.4 Å². The Morgan fingerprint density at radius 2 is 1.91 bits per heavy atom. The minimum absolute atomic E-state index is 0.167. The van der Waals surface area contributed by atoms with Gasteiger partial charge in [0.2, 0.25) is 10.0 Å². The number of nitrogens with zero attached hydrogens (tertiary/aromatic N) is 1. The largest absolute Gasteiger partial charge is 0.497 e. The Morgan fingerprint density at radius 1 is 1.27 bits per heavy atom. The molecule has 1 amide bonds. The smallest absolute Gasteiger partial charge is 0.267 e. The highest BCUT2D eigenvalue weighted by Gasteiger charge is 2.17. The molecule has 1 aromatic heterocycles. The van der Waals surface area contributed by atoms with Crippen molar-refractivity contribution in [2.24, 2.45) is 0 Å². The first-order chi connectivity index (χ1) is 10.3. The summed E-state index contributed by atoms with van der Waals surface area (Å²) in [5, 5.41) is 2.89. The molecule has 0 atom stereocenters. The van der Waals surface area contributed by atoms with E-state index in [1.165, 1.54) is 0 Å². The monoisotopic (exact) mass is 341 g/mol. The normalized spacial score (nSPS) is 11.0. The second-order valence-corrected chi connectivity index (χ2v) is 7.24. The van der Waals surface area contributed by atoms with Crippen molar-refractivity contribution >= 4 is 38.1 Å². The molecule has 0 spiro atoms. The van der Waals surface area contributed by atoms with Crippen molar-refractivity contribution in [2.75, 3.05) is 23.4 Å². The van der Waals surface area contributed by atoms with Crippen molar-refractivity contribution in [3.05, 3.63) is 34.8 Å². The molecule has 118 valence electrons. The molecule has 2 aromatic rings. The number of anilines is 2. The lowest BCUT2D eigenvalue weighted by Crippen LogP contribution is -2.11. The molecular formula is C13H15N3O4S2. The molecule has 0 radical (unpaired) electrons. The molecule has 2 rings (SSSR count). The Labute approximate surface area is 132 Å². The lowest BCUT2D eigenvalue weighted by molar-refractivity contribution is 0.103. The Balaban J connectivity index is 2.15. The minimum atomic E-state index is -3.42. The molecule has 2 N–H and O–H groups in total. The Kier molecular flexibility index (Phi) is 4.67. The van der Waals surface area contributed by atoms with Gasteiger partial charge in [-0.05, 0) is 31.2 Å². The number of benzene rings is 1. The molecule has 7 nitrogen and oxygen atoms in total. The van der Waals surface area contributed by atoms with E-state index in [4.69, 9.17) is 4.74 Å². The number of aryl methyl sites for hydroxylation is 1. The molecule has 0 aliphatic heterocycles. The van der Waals surface area contributed by atoms with Crippen LogP contribution in [0.15, 0.2) is 24.3 Å². The standard InChI is InChI=1S/C13H15N3O4S2/c1-8-11(21-13(14-8)16-22(3,18)19)12(17)15-9-4-6-10(20-2)7-5-9/h4-7H,1-3H3,(H,14,16)(H,15,17). The molecule has 1 heterocycles. The quantitative estimate of drug-likeness (QED) is 0.868. The molecule has 0 saturated heterocycles. The predicted octanol–water partition coefficient (Wildman–Crippen LogP) is 2.08. The number of carbonyl (C=O) groups is 1. The van der Waals surface area contributed by atoms with E-state index in [9.17, 15) is 13.2 Å². The van der Waals surface area contributed by atoms with Crippen molar-refractivity contribution in [1.82, 2.24) is 4.98 Å². The van der Waals surface area contributed by atoms with Gasteiger partial charge in [0.25, 0.3) is 5.91 Å². The number of aromatic nitrogens is 1. The molecule has 0 aliphatic rings. The van der Waals surface area contributed by atoms with E-state index < -0.39 is 10.0 Å². The van der Waals surface area contributed by atoms with Crippen LogP contribution in [0.25, 0.3) is 0 Å². The van der Waals surface area contributed by atoms with E-state index >= 15 is 0 Å². The number of amides is 1. The number of nitrogens with one attached hydrogen (secondary N) is 2. The summed E-state index contributed by atoms with van der Waals surface area (Å²) >= 11 is 0.983. The zero-order valence-corrected chi connectivity index (χ0v) is 13.8. The number of rotatable bonds is 5. The summed E-state index contributed by atoms with van der Waals surface area (Å²) in [7, 11) is -1.86. The first-order valence-corrected chi connectivity index (χ1v) is 8.90. The van der Waals surface area contributed by atoms with Gasteiger partial charge in [-0.25, -0.2) is 13.4 Å². The summed E-state index contributed by atoms with van der Waals surface area (Å²) < 4.78 is 29.7. The van der Waals surface area contributed by atoms with E-state index in [0.29, 0.717) is 22.0 Å². The number of methoxy groups -OCH3 is 1. The van der Waals surface area contributed by atoms with Crippen LogP contribution in [-0.2, 0) is 10.0 Å². The second-order valence-electron chi connectivity index (χ2n) is 4.49. The van der Waals surface area contributed by atoms with Gasteiger partial charge in [-0.1, -0.05) is 11.3 Å². The third-order valence-electron chi connectivity index (χ3n) is 2.62. The molecule has 1 aromatic carbocycles. The lowest BCUT2D eigenvalue weighted by Gasteiger charge is -2.05. The van der Waals surface area contributed by atoms with E-state index in [0.717, 1.165) is 17.6 Å².